The van der Waals surface area contributed by atoms with Gasteiger partial charge in [0.25, 0.3) is 0 Å². The fraction of sp³-hybridized carbons (Fsp3) is 0. The first-order chi connectivity index (χ1) is 5.68. The summed E-state index contributed by atoms with van der Waals surface area (Å²) in [7, 11) is 0. The fourth-order valence-electron chi connectivity index (χ4n) is 0.752. The van der Waals surface area contributed by atoms with E-state index in [1.165, 1.54) is 6.08 Å². The maximum Gasteiger partial charge on any atom is 0.241 e. The highest BCUT2D eigenvalue weighted by Crippen LogP contribution is 2.10. The lowest BCUT2D eigenvalue weighted by molar-refractivity contribution is -0.113. The molecule has 0 bridgehead atoms. The number of carbonyl (C=O) groups excluding carboxylic acids is 1. The van der Waals surface area contributed by atoms with Crippen molar-refractivity contribution in [3.8, 4) is 0 Å². The average Bonchev–Trinajstić information content (AvgIpc) is 2.03. The third-order valence-corrected chi connectivity index (χ3v) is 1.56. The number of benzene rings is 1. The van der Waals surface area contributed by atoms with Gasteiger partial charge in [0.15, 0.2) is 0 Å². The van der Waals surface area contributed by atoms with Crippen LogP contribution >= 0.6 is 11.6 Å². The van der Waals surface area contributed by atoms with Crippen LogP contribution in [0.5, 0.6) is 0 Å². The van der Waals surface area contributed by atoms with Crippen molar-refractivity contribution in [1.29, 1.82) is 0 Å². The molecule has 1 amide bonds. The highest BCUT2D eigenvalue weighted by atomic mass is 35.5. The lowest BCUT2D eigenvalue weighted by atomic mass is 10.2. The predicted octanol–water partition coefficient (Wildman–Crippen LogP) is 1.84. The summed E-state index contributed by atoms with van der Waals surface area (Å²) < 4.78 is 0. The molecule has 62 valence electrons. The van der Waals surface area contributed by atoms with Crippen molar-refractivity contribution in [2.24, 2.45) is 5.73 Å². The van der Waals surface area contributed by atoms with Crippen LogP contribution in [0, 0.1) is 0 Å². The zero-order valence-corrected chi connectivity index (χ0v) is 7.08. The maximum absolute atomic E-state index is 10.3. The summed E-state index contributed by atoms with van der Waals surface area (Å²) in [6.07, 6.45) is 2.95. The largest absolute Gasteiger partial charge is 0.366 e. The number of hydrogen-bond donors (Lipinski definition) is 1. The Kier molecular flexibility index (Phi) is 2.88. The molecule has 2 N–H and O–H groups in total. The first kappa shape index (κ1) is 8.81. The van der Waals surface area contributed by atoms with Gasteiger partial charge < -0.3 is 5.73 Å². The first-order valence-electron chi connectivity index (χ1n) is 3.41. The van der Waals surface area contributed by atoms with Crippen LogP contribution < -0.4 is 5.73 Å². The van der Waals surface area contributed by atoms with E-state index >= 15 is 0 Å². The molecule has 0 aromatic heterocycles. The summed E-state index contributed by atoms with van der Waals surface area (Å²) in [5.41, 5.74) is 5.82. The van der Waals surface area contributed by atoms with E-state index in [1.807, 2.05) is 12.1 Å². The van der Waals surface area contributed by atoms with Gasteiger partial charge in [-0.05, 0) is 23.8 Å². The molecule has 0 aliphatic carbocycles. The number of hydrogen-bond acceptors (Lipinski definition) is 1. The van der Waals surface area contributed by atoms with Crippen molar-refractivity contribution in [3.63, 3.8) is 0 Å². The van der Waals surface area contributed by atoms with Gasteiger partial charge in [-0.2, -0.15) is 0 Å². The molecular formula is C9H8ClNO. The topological polar surface area (TPSA) is 43.1 Å². The molecule has 1 aromatic rings. The molecule has 1 rings (SSSR count). The molecular weight excluding hydrogens is 174 g/mol. The van der Waals surface area contributed by atoms with Gasteiger partial charge in [-0.3, -0.25) is 4.79 Å². The molecule has 3 heteroatoms. The zero-order valence-electron chi connectivity index (χ0n) is 6.33. The molecule has 2 nitrogen and oxygen atoms in total. The molecule has 0 heterocycles. The van der Waals surface area contributed by atoms with Crippen LogP contribution in [0.3, 0.4) is 0 Å². The molecule has 0 spiro atoms. The van der Waals surface area contributed by atoms with E-state index in [4.69, 9.17) is 17.3 Å². The Morgan fingerprint density at radius 1 is 1.33 bits per heavy atom. The van der Waals surface area contributed by atoms with Crippen molar-refractivity contribution >= 4 is 23.6 Å². The summed E-state index contributed by atoms with van der Waals surface area (Å²) >= 11 is 5.66. The Bertz CT molecular complexity index is 303. The molecule has 0 aliphatic rings. The van der Waals surface area contributed by atoms with Crippen LogP contribution in [-0.2, 0) is 4.79 Å². The van der Waals surface area contributed by atoms with E-state index in [-0.39, 0.29) is 0 Å². The van der Waals surface area contributed by atoms with Gasteiger partial charge in [0.1, 0.15) is 0 Å². The van der Waals surface area contributed by atoms with E-state index < -0.39 is 5.91 Å². The average molecular weight is 182 g/mol. The molecule has 0 fully saturated rings. The quantitative estimate of drug-likeness (QED) is 0.696. The summed E-state index contributed by atoms with van der Waals surface area (Å²) in [6.45, 7) is 0. The van der Waals surface area contributed by atoms with Gasteiger partial charge in [0, 0.05) is 11.1 Å². The second kappa shape index (κ2) is 3.93. The van der Waals surface area contributed by atoms with Gasteiger partial charge in [0.05, 0.1) is 0 Å². The van der Waals surface area contributed by atoms with E-state index in [0.29, 0.717) is 5.02 Å². The molecule has 0 atom stereocenters. The zero-order chi connectivity index (χ0) is 8.97. The molecule has 0 unspecified atom stereocenters. The standard InChI is InChI=1S/C9H8ClNO/c10-8-4-1-7(2-5-8)3-6-9(11)12/h1-6H,(H2,11,12). The third kappa shape index (κ3) is 2.76. The number of nitrogens with two attached hydrogens (primary N) is 1. The van der Waals surface area contributed by atoms with Crippen molar-refractivity contribution in [3.05, 3.63) is 40.9 Å². The third-order valence-electron chi connectivity index (χ3n) is 1.31. The van der Waals surface area contributed by atoms with Crippen LogP contribution in [0.15, 0.2) is 30.3 Å². The summed E-state index contributed by atoms with van der Waals surface area (Å²) in [5.74, 6) is -0.454. The van der Waals surface area contributed by atoms with Crippen molar-refractivity contribution in [2.45, 2.75) is 0 Å². The number of primary amides is 1. The molecule has 0 aliphatic heterocycles. The van der Waals surface area contributed by atoms with Gasteiger partial charge in [-0.1, -0.05) is 23.7 Å². The lowest BCUT2D eigenvalue weighted by Crippen LogP contribution is -2.04. The Labute approximate surface area is 75.6 Å². The molecule has 1 aromatic carbocycles. The maximum atomic E-state index is 10.3. The molecule has 12 heavy (non-hydrogen) atoms. The van der Waals surface area contributed by atoms with Crippen LogP contribution in [0.4, 0.5) is 0 Å². The van der Waals surface area contributed by atoms with E-state index in [2.05, 4.69) is 0 Å². The number of amides is 1. The summed E-state index contributed by atoms with van der Waals surface area (Å²) in [4.78, 5) is 10.3. The van der Waals surface area contributed by atoms with Crippen molar-refractivity contribution in [1.82, 2.24) is 0 Å². The molecule has 0 saturated heterocycles. The summed E-state index contributed by atoms with van der Waals surface area (Å²) in [5, 5.41) is 0.672. The summed E-state index contributed by atoms with van der Waals surface area (Å²) in [6, 6.07) is 7.12. The normalized spacial score (nSPS) is 10.4. The van der Waals surface area contributed by atoms with Crippen LogP contribution in [0.2, 0.25) is 5.02 Å². The minimum absolute atomic E-state index is 0.454. The lowest BCUT2D eigenvalue weighted by Gasteiger charge is -1.91. The highest BCUT2D eigenvalue weighted by Gasteiger charge is 1.88. The molecule has 0 radical (unpaired) electrons. The van der Waals surface area contributed by atoms with Crippen molar-refractivity contribution in [2.75, 3.05) is 0 Å². The first-order valence-corrected chi connectivity index (χ1v) is 3.79. The highest BCUT2D eigenvalue weighted by molar-refractivity contribution is 6.30. The van der Waals surface area contributed by atoms with Gasteiger partial charge in [-0.25, -0.2) is 0 Å². The van der Waals surface area contributed by atoms with Crippen LogP contribution in [0.1, 0.15) is 5.56 Å². The Hall–Kier alpha value is -1.28. The Morgan fingerprint density at radius 3 is 2.42 bits per heavy atom. The van der Waals surface area contributed by atoms with Gasteiger partial charge in [0.2, 0.25) is 5.91 Å². The SMILES string of the molecule is NC(=O)C=Cc1ccc(Cl)cc1. The van der Waals surface area contributed by atoms with E-state index in [9.17, 15) is 4.79 Å². The fourth-order valence-corrected chi connectivity index (χ4v) is 0.878. The number of halogens is 1. The predicted molar refractivity (Wildman–Crippen MR) is 49.7 cm³/mol. The second-order valence-corrected chi connectivity index (χ2v) is 2.72. The smallest absolute Gasteiger partial charge is 0.241 e. The van der Waals surface area contributed by atoms with Gasteiger partial charge in [-0.15, -0.1) is 0 Å². The number of rotatable bonds is 2. The van der Waals surface area contributed by atoms with Crippen LogP contribution in [0.25, 0.3) is 6.08 Å². The molecule has 0 saturated carbocycles. The number of carbonyl (C=O) groups is 1. The minimum atomic E-state index is -0.454. The monoisotopic (exact) mass is 181 g/mol. The van der Waals surface area contributed by atoms with Gasteiger partial charge >= 0.3 is 0 Å². The van der Waals surface area contributed by atoms with E-state index in [0.717, 1.165) is 5.56 Å². The van der Waals surface area contributed by atoms with Crippen molar-refractivity contribution < 1.29 is 4.79 Å². The Morgan fingerprint density at radius 2 is 1.92 bits per heavy atom. The Balaban J connectivity index is 2.77. The van der Waals surface area contributed by atoms with E-state index in [1.54, 1.807) is 18.2 Å². The minimum Gasteiger partial charge on any atom is -0.366 e. The second-order valence-electron chi connectivity index (χ2n) is 2.29. The van der Waals surface area contributed by atoms with Crippen LogP contribution in [-0.4, -0.2) is 5.91 Å².